The minimum atomic E-state index is -0.434. The summed E-state index contributed by atoms with van der Waals surface area (Å²) in [4.78, 5) is 13.0. The largest absolute Gasteiger partial charge is 0.319 e. The fourth-order valence-electron chi connectivity index (χ4n) is 2.24. The lowest BCUT2D eigenvalue weighted by Gasteiger charge is -2.08. The lowest BCUT2D eigenvalue weighted by molar-refractivity contribution is 0.103. The molecule has 1 aromatic heterocycles. The van der Waals surface area contributed by atoms with Crippen molar-refractivity contribution in [2.45, 2.75) is 6.92 Å². The number of carbonyl (C=O) groups excluding carboxylic acids is 1. The van der Waals surface area contributed by atoms with E-state index < -0.39 is 5.82 Å². The van der Waals surface area contributed by atoms with Crippen molar-refractivity contribution in [2.24, 2.45) is 0 Å². The van der Waals surface area contributed by atoms with E-state index in [2.05, 4.69) is 5.32 Å². The molecule has 0 atom stereocenters. The van der Waals surface area contributed by atoms with Crippen molar-refractivity contribution < 1.29 is 9.18 Å². The van der Waals surface area contributed by atoms with Gasteiger partial charge in [-0.15, -0.1) is 11.3 Å². The number of amides is 1. The van der Waals surface area contributed by atoms with Crippen molar-refractivity contribution in [1.82, 2.24) is 0 Å². The van der Waals surface area contributed by atoms with Gasteiger partial charge in [-0.1, -0.05) is 36.4 Å². The molecule has 0 aliphatic rings. The predicted molar refractivity (Wildman–Crippen MR) is 88.8 cm³/mol. The third kappa shape index (κ3) is 2.92. The summed E-state index contributed by atoms with van der Waals surface area (Å²) < 4.78 is 13.8. The summed E-state index contributed by atoms with van der Waals surface area (Å²) in [6.45, 7) is 1.86. The first-order chi connectivity index (χ1) is 10.6. The first kappa shape index (κ1) is 14.5. The maximum absolute atomic E-state index is 13.8. The molecule has 0 aliphatic carbocycles. The molecule has 0 bridgehead atoms. The Balaban J connectivity index is 1.91. The van der Waals surface area contributed by atoms with Gasteiger partial charge in [0.25, 0.3) is 5.91 Å². The zero-order valence-corrected chi connectivity index (χ0v) is 12.8. The number of halogens is 1. The second-order valence-corrected chi connectivity index (χ2v) is 5.88. The molecule has 1 heterocycles. The minimum absolute atomic E-state index is 0.206. The Morgan fingerprint density at radius 1 is 1.09 bits per heavy atom. The molecule has 3 aromatic rings. The molecule has 2 aromatic carbocycles. The molecule has 4 heteroatoms. The van der Waals surface area contributed by atoms with Gasteiger partial charge in [-0.2, -0.15) is 0 Å². The van der Waals surface area contributed by atoms with Gasteiger partial charge in [0.05, 0.1) is 10.6 Å². The van der Waals surface area contributed by atoms with E-state index in [9.17, 15) is 9.18 Å². The van der Waals surface area contributed by atoms with Crippen LogP contribution in [-0.2, 0) is 0 Å². The van der Waals surface area contributed by atoms with Crippen molar-refractivity contribution >= 4 is 22.9 Å². The monoisotopic (exact) mass is 311 g/mol. The Bertz CT molecular complexity index is 811. The number of hydrogen-bond donors (Lipinski definition) is 1. The van der Waals surface area contributed by atoms with Crippen LogP contribution in [0.25, 0.3) is 11.1 Å². The first-order valence-electron chi connectivity index (χ1n) is 6.85. The van der Waals surface area contributed by atoms with E-state index in [1.807, 2.05) is 48.7 Å². The SMILES string of the molecule is Cc1ccc(F)c(NC(=O)c2sccc2-c2ccccc2)c1. The van der Waals surface area contributed by atoms with Crippen LogP contribution in [-0.4, -0.2) is 5.91 Å². The summed E-state index contributed by atoms with van der Waals surface area (Å²) in [7, 11) is 0. The van der Waals surface area contributed by atoms with E-state index in [-0.39, 0.29) is 11.6 Å². The van der Waals surface area contributed by atoms with Crippen LogP contribution in [0.3, 0.4) is 0 Å². The van der Waals surface area contributed by atoms with Crippen molar-refractivity contribution in [1.29, 1.82) is 0 Å². The number of hydrogen-bond acceptors (Lipinski definition) is 2. The summed E-state index contributed by atoms with van der Waals surface area (Å²) >= 11 is 1.35. The summed E-state index contributed by atoms with van der Waals surface area (Å²) in [5.41, 5.74) is 2.93. The predicted octanol–water partition coefficient (Wildman–Crippen LogP) is 5.11. The van der Waals surface area contributed by atoms with Crippen molar-refractivity contribution in [2.75, 3.05) is 5.32 Å². The summed E-state index contributed by atoms with van der Waals surface area (Å²) in [6, 6.07) is 16.2. The highest BCUT2D eigenvalue weighted by atomic mass is 32.1. The fraction of sp³-hybridized carbons (Fsp3) is 0.0556. The molecule has 110 valence electrons. The molecule has 1 N–H and O–H groups in total. The number of rotatable bonds is 3. The average molecular weight is 311 g/mol. The van der Waals surface area contributed by atoms with Gasteiger partial charge >= 0.3 is 0 Å². The van der Waals surface area contributed by atoms with E-state index in [4.69, 9.17) is 0 Å². The third-order valence-corrected chi connectivity index (χ3v) is 4.24. The third-order valence-electron chi connectivity index (χ3n) is 3.33. The topological polar surface area (TPSA) is 29.1 Å². The molecule has 0 saturated carbocycles. The fourth-order valence-corrected chi connectivity index (χ4v) is 3.06. The van der Waals surface area contributed by atoms with Crippen molar-refractivity contribution in [3.05, 3.63) is 76.2 Å². The van der Waals surface area contributed by atoms with Crippen LogP contribution in [0.15, 0.2) is 60.0 Å². The Morgan fingerprint density at radius 3 is 2.64 bits per heavy atom. The number of benzene rings is 2. The normalized spacial score (nSPS) is 10.5. The molecule has 2 nitrogen and oxygen atoms in total. The maximum atomic E-state index is 13.8. The Hall–Kier alpha value is -2.46. The number of thiophene rings is 1. The van der Waals surface area contributed by atoms with E-state index in [0.717, 1.165) is 16.7 Å². The van der Waals surface area contributed by atoms with Crippen LogP contribution in [0.5, 0.6) is 0 Å². The highest BCUT2D eigenvalue weighted by molar-refractivity contribution is 7.12. The summed E-state index contributed by atoms with van der Waals surface area (Å²) in [6.07, 6.45) is 0. The summed E-state index contributed by atoms with van der Waals surface area (Å²) in [5, 5.41) is 4.53. The van der Waals surface area contributed by atoms with Gasteiger partial charge in [0.15, 0.2) is 0 Å². The smallest absolute Gasteiger partial charge is 0.266 e. The molecular formula is C18H14FNOS. The number of carbonyl (C=O) groups is 1. The van der Waals surface area contributed by atoms with E-state index in [1.54, 1.807) is 12.1 Å². The van der Waals surface area contributed by atoms with Crippen molar-refractivity contribution in [3.8, 4) is 11.1 Å². The molecule has 22 heavy (non-hydrogen) atoms. The van der Waals surface area contributed by atoms with Crippen LogP contribution < -0.4 is 5.32 Å². The number of anilines is 1. The minimum Gasteiger partial charge on any atom is -0.319 e. The van der Waals surface area contributed by atoms with E-state index in [0.29, 0.717) is 4.88 Å². The zero-order valence-electron chi connectivity index (χ0n) is 12.0. The molecule has 3 rings (SSSR count). The number of aryl methyl sites for hydroxylation is 1. The standard InChI is InChI=1S/C18H14FNOS/c1-12-7-8-15(19)16(11-12)20-18(21)17-14(9-10-22-17)13-5-3-2-4-6-13/h2-11H,1H3,(H,20,21). The van der Waals surface area contributed by atoms with Crippen LogP contribution in [0.2, 0.25) is 0 Å². The zero-order chi connectivity index (χ0) is 15.5. The molecule has 0 spiro atoms. The second-order valence-electron chi connectivity index (χ2n) is 4.97. The molecule has 0 unspecified atom stereocenters. The van der Waals surface area contributed by atoms with E-state index >= 15 is 0 Å². The average Bonchev–Trinajstić information content (AvgIpc) is 3.01. The molecule has 1 amide bonds. The Labute approximate surface area is 132 Å². The van der Waals surface area contributed by atoms with Crippen LogP contribution >= 0.6 is 11.3 Å². The first-order valence-corrected chi connectivity index (χ1v) is 7.73. The van der Waals surface area contributed by atoms with Gasteiger partial charge in [0.1, 0.15) is 5.82 Å². The van der Waals surface area contributed by atoms with Crippen LogP contribution in [0.1, 0.15) is 15.2 Å². The maximum Gasteiger partial charge on any atom is 0.266 e. The lowest BCUT2D eigenvalue weighted by atomic mass is 10.1. The number of nitrogens with one attached hydrogen (secondary N) is 1. The molecule has 0 aliphatic heterocycles. The highest BCUT2D eigenvalue weighted by Gasteiger charge is 2.16. The van der Waals surface area contributed by atoms with Gasteiger partial charge in [0.2, 0.25) is 0 Å². The van der Waals surface area contributed by atoms with Gasteiger partial charge < -0.3 is 5.32 Å². The van der Waals surface area contributed by atoms with Crippen LogP contribution in [0.4, 0.5) is 10.1 Å². The van der Waals surface area contributed by atoms with Crippen molar-refractivity contribution in [3.63, 3.8) is 0 Å². The van der Waals surface area contributed by atoms with E-state index in [1.165, 1.54) is 17.4 Å². The van der Waals surface area contributed by atoms with Crippen LogP contribution in [0, 0.1) is 12.7 Å². The van der Waals surface area contributed by atoms with Gasteiger partial charge in [-0.25, -0.2) is 4.39 Å². The summed E-state index contributed by atoms with van der Waals surface area (Å²) in [5.74, 6) is -0.727. The molecule has 0 fully saturated rings. The Morgan fingerprint density at radius 2 is 1.86 bits per heavy atom. The second kappa shape index (κ2) is 6.12. The quantitative estimate of drug-likeness (QED) is 0.715. The highest BCUT2D eigenvalue weighted by Crippen LogP contribution is 2.29. The van der Waals surface area contributed by atoms with Gasteiger partial charge in [-0.3, -0.25) is 4.79 Å². The Kier molecular flexibility index (Phi) is 4.02. The molecule has 0 saturated heterocycles. The van der Waals surface area contributed by atoms with Gasteiger partial charge in [0, 0.05) is 5.56 Å². The molecule has 0 radical (unpaired) electrons. The molecular weight excluding hydrogens is 297 g/mol. The van der Waals surface area contributed by atoms with Gasteiger partial charge in [-0.05, 0) is 41.6 Å². The lowest BCUT2D eigenvalue weighted by Crippen LogP contribution is -2.12.